The Labute approximate surface area is 169 Å². The average molecular weight is 400 g/mol. The summed E-state index contributed by atoms with van der Waals surface area (Å²) in [7, 11) is 1.61. The van der Waals surface area contributed by atoms with Crippen LogP contribution in [0.25, 0.3) is 0 Å². The molecule has 1 amide bonds. The van der Waals surface area contributed by atoms with Gasteiger partial charge in [0.05, 0.1) is 13.2 Å². The number of hydrogen-bond donors (Lipinski definition) is 0. The molecule has 1 unspecified atom stereocenters. The van der Waals surface area contributed by atoms with Gasteiger partial charge in [0.1, 0.15) is 17.5 Å². The second-order valence-corrected chi connectivity index (χ2v) is 6.90. The Hall–Kier alpha value is -2.75. The number of benzene rings is 2. The molecule has 0 aromatic heterocycles. The van der Waals surface area contributed by atoms with Gasteiger partial charge in [-0.2, -0.15) is 5.26 Å². The van der Waals surface area contributed by atoms with Crippen molar-refractivity contribution >= 4 is 17.5 Å². The standard InChI is InChI=1S/C21H22ClN3O3/c1-27-19-4-2-3-16(13-19)20(14-23)24-9-11-25(12-10-24)21(26)15-28-18-7-5-17(22)6-8-18/h2-8,13,20H,9-12,15H2,1H3. The molecule has 1 atom stereocenters. The molecule has 0 saturated carbocycles. The summed E-state index contributed by atoms with van der Waals surface area (Å²) < 4.78 is 10.8. The van der Waals surface area contributed by atoms with E-state index >= 15 is 0 Å². The summed E-state index contributed by atoms with van der Waals surface area (Å²) in [6.07, 6.45) is 0. The molecule has 146 valence electrons. The van der Waals surface area contributed by atoms with E-state index in [1.807, 2.05) is 24.3 Å². The number of halogens is 1. The SMILES string of the molecule is COc1cccc(C(C#N)N2CCN(C(=O)COc3ccc(Cl)cc3)CC2)c1. The molecule has 0 radical (unpaired) electrons. The average Bonchev–Trinajstić information content (AvgIpc) is 2.74. The maximum atomic E-state index is 12.4. The topological polar surface area (TPSA) is 65.8 Å². The molecule has 2 aromatic carbocycles. The number of ether oxygens (including phenoxy) is 2. The first-order valence-electron chi connectivity index (χ1n) is 9.04. The van der Waals surface area contributed by atoms with E-state index in [0.29, 0.717) is 37.0 Å². The van der Waals surface area contributed by atoms with Crippen molar-refractivity contribution < 1.29 is 14.3 Å². The van der Waals surface area contributed by atoms with Gasteiger partial charge in [-0.15, -0.1) is 0 Å². The van der Waals surface area contributed by atoms with Crippen LogP contribution in [0.2, 0.25) is 5.02 Å². The van der Waals surface area contributed by atoms with Gasteiger partial charge in [-0.3, -0.25) is 9.69 Å². The summed E-state index contributed by atoms with van der Waals surface area (Å²) in [5.41, 5.74) is 0.896. The van der Waals surface area contributed by atoms with Crippen molar-refractivity contribution in [3.63, 3.8) is 0 Å². The Bertz CT molecular complexity index is 843. The van der Waals surface area contributed by atoms with Gasteiger partial charge in [-0.05, 0) is 42.0 Å². The molecule has 1 aliphatic heterocycles. The molecule has 0 N–H and O–H groups in total. The van der Waals surface area contributed by atoms with Crippen molar-refractivity contribution in [2.24, 2.45) is 0 Å². The van der Waals surface area contributed by atoms with E-state index in [2.05, 4.69) is 11.0 Å². The largest absolute Gasteiger partial charge is 0.497 e. The second-order valence-electron chi connectivity index (χ2n) is 6.47. The zero-order chi connectivity index (χ0) is 19.9. The van der Waals surface area contributed by atoms with Crippen molar-refractivity contribution in [1.82, 2.24) is 9.80 Å². The zero-order valence-corrected chi connectivity index (χ0v) is 16.4. The molecule has 0 aliphatic carbocycles. The molecular weight excluding hydrogens is 378 g/mol. The first-order chi connectivity index (χ1) is 13.6. The number of rotatable bonds is 6. The number of nitrogens with zero attached hydrogens (tertiary/aromatic N) is 3. The summed E-state index contributed by atoms with van der Waals surface area (Å²) in [4.78, 5) is 16.3. The third kappa shape index (κ3) is 4.94. The second kappa shape index (κ2) is 9.45. The Kier molecular flexibility index (Phi) is 6.75. The van der Waals surface area contributed by atoms with Gasteiger partial charge in [-0.25, -0.2) is 0 Å². The third-order valence-corrected chi connectivity index (χ3v) is 4.99. The van der Waals surface area contributed by atoms with Crippen LogP contribution in [0, 0.1) is 11.3 Å². The number of carbonyl (C=O) groups is 1. The molecule has 7 heteroatoms. The van der Waals surface area contributed by atoms with Crippen LogP contribution < -0.4 is 9.47 Å². The van der Waals surface area contributed by atoms with E-state index in [9.17, 15) is 10.1 Å². The van der Waals surface area contributed by atoms with Crippen LogP contribution in [0.3, 0.4) is 0 Å². The Balaban J connectivity index is 1.53. The van der Waals surface area contributed by atoms with E-state index in [0.717, 1.165) is 11.3 Å². The normalized spacial score (nSPS) is 15.5. The van der Waals surface area contributed by atoms with Crippen LogP contribution >= 0.6 is 11.6 Å². The molecule has 1 fully saturated rings. The molecule has 6 nitrogen and oxygen atoms in total. The maximum Gasteiger partial charge on any atom is 0.260 e. The van der Waals surface area contributed by atoms with Crippen LogP contribution in [0.4, 0.5) is 0 Å². The van der Waals surface area contributed by atoms with Crippen LogP contribution in [0.1, 0.15) is 11.6 Å². The first-order valence-corrected chi connectivity index (χ1v) is 9.42. The minimum Gasteiger partial charge on any atom is -0.497 e. The van der Waals surface area contributed by atoms with Gasteiger partial charge < -0.3 is 14.4 Å². The van der Waals surface area contributed by atoms with E-state index in [4.69, 9.17) is 21.1 Å². The van der Waals surface area contributed by atoms with Crippen molar-refractivity contribution in [2.75, 3.05) is 39.9 Å². The highest BCUT2D eigenvalue weighted by molar-refractivity contribution is 6.30. The maximum absolute atomic E-state index is 12.4. The van der Waals surface area contributed by atoms with E-state index < -0.39 is 0 Å². The predicted octanol–water partition coefficient (Wildman–Crippen LogP) is 3.14. The Morgan fingerprint density at radius 1 is 1.14 bits per heavy atom. The first kappa shape index (κ1) is 20.0. The smallest absolute Gasteiger partial charge is 0.260 e. The quantitative estimate of drug-likeness (QED) is 0.746. The van der Waals surface area contributed by atoms with Crippen molar-refractivity contribution in [2.45, 2.75) is 6.04 Å². The third-order valence-electron chi connectivity index (χ3n) is 4.74. The summed E-state index contributed by atoms with van der Waals surface area (Å²) in [5, 5.41) is 10.3. The number of piperazine rings is 1. The highest BCUT2D eigenvalue weighted by Crippen LogP contribution is 2.25. The fraction of sp³-hybridized carbons (Fsp3) is 0.333. The number of nitriles is 1. The van der Waals surface area contributed by atoms with Crippen molar-refractivity contribution in [3.05, 3.63) is 59.1 Å². The van der Waals surface area contributed by atoms with Gasteiger partial charge in [0.15, 0.2) is 6.61 Å². The van der Waals surface area contributed by atoms with Crippen molar-refractivity contribution in [1.29, 1.82) is 5.26 Å². The van der Waals surface area contributed by atoms with E-state index in [-0.39, 0.29) is 18.6 Å². The summed E-state index contributed by atoms with van der Waals surface area (Å²) in [6, 6.07) is 16.5. The Morgan fingerprint density at radius 2 is 1.86 bits per heavy atom. The van der Waals surface area contributed by atoms with Gasteiger partial charge in [0.25, 0.3) is 5.91 Å². The summed E-state index contributed by atoms with van der Waals surface area (Å²) >= 11 is 5.84. The molecular formula is C21H22ClN3O3. The van der Waals surface area contributed by atoms with E-state index in [1.165, 1.54) is 0 Å². The lowest BCUT2D eigenvalue weighted by molar-refractivity contribution is -0.135. The molecule has 3 rings (SSSR count). The lowest BCUT2D eigenvalue weighted by Crippen LogP contribution is -2.50. The molecule has 28 heavy (non-hydrogen) atoms. The highest BCUT2D eigenvalue weighted by Gasteiger charge is 2.27. The molecule has 1 heterocycles. The number of hydrogen-bond acceptors (Lipinski definition) is 5. The molecule has 1 aliphatic rings. The highest BCUT2D eigenvalue weighted by atomic mass is 35.5. The lowest BCUT2D eigenvalue weighted by Gasteiger charge is -2.37. The number of carbonyl (C=O) groups excluding carboxylic acids is 1. The molecule has 0 spiro atoms. The lowest BCUT2D eigenvalue weighted by atomic mass is 10.1. The minimum absolute atomic E-state index is 0.0147. The number of amides is 1. The molecule has 1 saturated heterocycles. The summed E-state index contributed by atoms with van der Waals surface area (Å²) in [6.45, 7) is 2.36. The number of methoxy groups -OCH3 is 1. The van der Waals surface area contributed by atoms with Gasteiger partial charge in [0.2, 0.25) is 0 Å². The van der Waals surface area contributed by atoms with Crippen LogP contribution in [-0.4, -0.2) is 55.6 Å². The Morgan fingerprint density at radius 3 is 2.50 bits per heavy atom. The fourth-order valence-electron chi connectivity index (χ4n) is 3.18. The molecule has 2 aromatic rings. The van der Waals surface area contributed by atoms with Gasteiger partial charge >= 0.3 is 0 Å². The fourth-order valence-corrected chi connectivity index (χ4v) is 3.30. The summed E-state index contributed by atoms with van der Waals surface area (Å²) in [5.74, 6) is 1.27. The van der Waals surface area contributed by atoms with Crippen LogP contribution in [0.5, 0.6) is 11.5 Å². The monoisotopic (exact) mass is 399 g/mol. The minimum atomic E-state index is -0.363. The van der Waals surface area contributed by atoms with Crippen LogP contribution in [0.15, 0.2) is 48.5 Å². The van der Waals surface area contributed by atoms with E-state index in [1.54, 1.807) is 36.3 Å². The van der Waals surface area contributed by atoms with Gasteiger partial charge in [-0.1, -0.05) is 23.7 Å². The molecule has 0 bridgehead atoms. The van der Waals surface area contributed by atoms with Crippen LogP contribution in [-0.2, 0) is 4.79 Å². The van der Waals surface area contributed by atoms with Gasteiger partial charge in [0, 0.05) is 31.2 Å². The van der Waals surface area contributed by atoms with Crippen molar-refractivity contribution in [3.8, 4) is 17.6 Å². The predicted molar refractivity (Wildman–Crippen MR) is 106 cm³/mol. The zero-order valence-electron chi connectivity index (χ0n) is 15.7.